The van der Waals surface area contributed by atoms with Crippen LogP contribution in [0.3, 0.4) is 0 Å². The van der Waals surface area contributed by atoms with Crippen molar-refractivity contribution in [2.75, 3.05) is 13.2 Å². The number of benzene rings is 1. The number of aliphatic hydroxyl groups is 1. The number of nitrogens with one attached hydrogen (secondary N) is 1. The van der Waals surface area contributed by atoms with E-state index in [0.717, 1.165) is 36.0 Å². The quantitative estimate of drug-likeness (QED) is 0.734. The first-order valence-electron chi connectivity index (χ1n) is 6.72. The van der Waals surface area contributed by atoms with Crippen LogP contribution < -0.4 is 10.1 Å². The minimum atomic E-state index is 0.222. The zero-order chi connectivity index (χ0) is 14.2. The maximum atomic E-state index is 8.69. The third kappa shape index (κ3) is 4.92. The van der Waals surface area contributed by atoms with Crippen LogP contribution in [0, 0.1) is 6.92 Å². The fourth-order valence-corrected chi connectivity index (χ4v) is 2.40. The number of aryl methyl sites for hydroxylation is 1. The minimum Gasteiger partial charge on any atom is -0.486 e. The summed E-state index contributed by atoms with van der Waals surface area (Å²) in [6.45, 7) is 4.33. The van der Waals surface area contributed by atoms with Gasteiger partial charge in [0, 0.05) is 18.5 Å². The number of aliphatic hydroxyl groups excluding tert-OH is 1. The molecule has 1 aromatic heterocycles. The van der Waals surface area contributed by atoms with Gasteiger partial charge in [-0.15, -0.1) is 11.3 Å². The molecule has 4 nitrogen and oxygen atoms in total. The van der Waals surface area contributed by atoms with E-state index in [1.807, 2.05) is 29.6 Å². The van der Waals surface area contributed by atoms with Crippen molar-refractivity contribution in [3.05, 3.63) is 45.9 Å². The largest absolute Gasteiger partial charge is 0.486 e. The SMILES string of the molecule is Cc1ccc(OCc2nc(CNCCCO)cs2)cc1. The average molecular weight is 292 g/mol. The van der Waals surface area contributed by atoms with Gasteiger partial charge in [0.2, 0.25) is 0 Å². The number of hydrogen-bond donors (Lipinski definition) is 2. The lowest BCUT2D eigenvalue weighted by molar-refractivity contribution is 0.286. The first kappa shape index (κ1) is 15.0. The summed E-state index contributed by atoms with van der Waals surface area (Å²) in [7, 11) is 0. The van der Waals surface area contributed by atoms with Crippen LogP contribution in [-0.2, 0) is 13.2 Å². The zero-order valence-corrected chi connectivity index (χ0v) is 12.4. The van der Waals surface area contributed by atoms with Crippen LogP contribution in [-0.4, -0.2) is 23.2 Å². The Bertz CT molecular complexity index is 511. The first-order chi connectivity index (χ1) is 9.78. The molecule has 108 valence electrons. The third-order valence-electron chi connectivity index (χ3n) is 2.80. The Balaban J connectivity index is 1.76. The molecule has 0 spiro atoms. The molecular formula is C15H20N2O2S. The fourth-order valence-electron chi connectivity index (χ4n) is 1.70. The van der Waals surface area contributed by atoms with Crippen LogP contribution in [0.4, 0.5) is 0 Å². The number of aromatic nitrogens is 1. The van der Waals surface area contributed by atoms with Crippen LogP contribution in [0.2, 0.25) is 0 Å². The van der Waals surface area contributed by atoms with Crippen LogP contribution in [0.15, 0.2) is 29.6 Å². The highest BCUT2D eigenvalue weighted by Crippen LogP contribution is 2.16. The van der Waals surface area contributed by atoms with Crippen molar-refractivity contribution in [3.63, 3.8) is 0 Å². The lowest BCUT2D eigenvalue weighted by Crippen LogP contribution is -2.15. The predicted octanol–water partition coefficient (Wildman–Crippen LogP) is 2.50. The zero-order valence-electron chi connectivity index (χ0n) is 11.6. The number of hydrogen-bond acceptors (Lipinski definition) is 5. The highest BCUT2D eigenvalue weighted by Gasteiger charge is 2.03. The molecule has 0 saturated heterocycles. The predicted molar refractivity (Wildman–Crippen MR) is 81.0 cm³/mol. The van der Waals surface area contributed by atoms with E-state index in [1.54, 1.807) is 11.3 Å². The van der Waals surface area contributed by atoms with E-state index in [0.29, 0.717) is 6.61 Å². The second-order valence-electron chi connectivity index (χ2n) is 4.59. The van der Waals surface area contributed by atoms with Gasteiger partial charge in [-0.25, -0.2) is 4.98 Å². The summed E-state index contributed by atoms with van der Waals surface area (Å²) in [6.07, 6.45) is 0.771. The van der Waals surface area contributed by atoms with Crippen molar-refractivity contribution >= 4 is 11.3 Å². The Morgan fingerprint density at radius 3 is 2.85 bits per heavy atom. The maximum absolute atomic E-state index is 8.69. The van der Waals surface area contributed by atoms with Crippen molar-refractivity contribution in [1.29, 1.82) is 0 Å². The molecule has 2 aromatic rings. The molecule has 20 heavy (non-hydrogen) atoms. The van der Waals surface area contributed by atoms with Gasteiger partial charge in [0.1, 0.15) is 17.4 Å². The van der Waals surface area contributed by atoms with Crippen molar-refractivity contribution < 1.29 is 9.84 Å². The molecule has 0 bridgehead atoms. The van der Waals surface area contributed by atoms with Crippen LogP contribution in [0.5, 0.6) is 5.75 Å². The molecule has 0 aliphatic carbocycles. The summed E-state index contributed by atoms with van der Waals surface area (Å²) in [4.78, 5) is 4.51. The van der Waals surface area contributed by atoms with E-state index in [1.165, 1.54) is 5.56 Å². The van der Waals surface area contributed by atoms with Crippen molar-refractivity contribution in [2.24, 2.45) is 0 Å². The Kier molecular flexibility index (Phi) is 5.98. The molecule has 2 N–H and O–H groups in total. The lowest BCUT2D eigenvalue weighted by Gasteiger charge is -2.04. The van der Waals surface area contributed by atoms with Gasteiger partial charge in [0.15, 0.2) is 0 Å². The summed E-state index contributed by atoms with van der Waals surface area (Å²) in [5.74, 6) is 0.869. The average Bonchev–Trinajstić information content (AvgIpc) is 2.91. The van der Waals surface area contributed by atoms with E-state index in [4.69, 9.17) is 9.84 Å². The molecule has 5 heteroatoms. The highest BCUT2D eigenvalue weighted by atomic mass is 32.1. The number of ether oxygens (including phenoxy) is 1. The Hall–Kier alpha value is -1.43. The van der Waals surface area contributed by atoms with Gasteiger partial charge in [0.05, 0.1) is 5.69 Å². The molecule has 0 aliphatic heterocycles. The molecule has 1 aromatic carbocycles. The van der Waals surface area contributed by atoms with Gasteiger partial charge in [-0.1, -0.05) is 17.7 Å². The molecule has 2 rings (SSSR count). The van der Waals surface area contributed by atoms with E-state index >= 15 is 0 Å². The van der Waals surface area contributed by atoms with Crippen LogP contribution >= 0.6 is 11.3 Å². The molecule has 0 saturated carbocycles. The molecule has 0 atom stereocenters. The summed E-state index contributed by atoms with van der Waals surface area (Å²) in [5.41, 5.74) is 2.25. The second kappa shape index (κ2) is 7.99. The molecule has 0 unspecified atom stereocenters. The van der Waals surface area contributed by atoms with Crippen LogP contribution in [0.25, 0.3) is 0 Å². The number of thiazole rings is 1. The summed E-state index contributed by atoms with van der Waals surface area (Å²) in [6, 6.07) is 8.02. The molecule has 0 fully saturated rings. The summed E-state index contributed by atoms with van der Waals surface area (Å²) in [5, 5.41) is 14.9. The normalized spacial score (nSPS) is 10.7. The van der Waals surface area contributed by atoms with E-state index in [-0.39, 0.29) is 6.61 Å². The smallest absolute Gasteiger partial charge is 0.140 e. The molecule has 0 radical (unpaired) electrons. The van der Waals surface area contributed by atoms with Crippen molar-refractivity contribution in [1.82, 2.24) is 10.3 Å². The second-order valence-corrected chi connectivity index (χ2v) is 5.53. The number of nitrogens with zero attached hydrogens (tertiary/aromatic N) is 1. The molecule has 0 aliphatic rings. The van der Waals surface area contributed by atoms with E-state index < -0.39 is 0 Å². The third-order valence-corrected chi connectivity index (χ3v) is 3.67. The standard InChI is InChI=1S/C15H20N2O2S/c1-12-3-5-14(6-4-12)19-10-15-17-13(11-20-15)9-16-7-2-8-18/h3-6,11,16,18H,2,7-10H2,1H3. The Morgan fingerprint density at radius 2 is 2.10 bits per heavy atom. The Morgan fingerprint density at radius 1 is 1.30 bits per heavy atom. The maximum Gasteiger partial charge on any atom is 0.140 e. The summed E-state index contributed by atoms with van der Waals surface area (Å²) >= 11 is 1.61. The molecular weight excluding hydrogens is 272 g/mol. The van der Waals surface area contributed by atoms with Crippen LogP contribution in [0.1, 0.15) is 22.7 Å². The van der Waals surface area contributed by atoms with Gasteiger partial charge in [-0.3, -0.25) is 0 Å². The van der Waals surface area contributed by atoms with Crippen molar-refractivity contribution in [2.45, 2.75) is 26.5 Å². The van der Waals surface area contributed by atoms with E-state index in [9.17, 15) is 0 Å². The van der Waals surface area contributed by atoms with Gasteiger partial charge >= 0.3 is 0 Å². The fraction of sp³-hybridized carbons (Fsp3) is 0.400. The summed E-state index contributed by atoms with van der Waals surface area (Å²) < 4.78 is 5.70. The first-order valence-corrected chi connectivity index (χ1v) is 7.60. The van der Waals surface area contributed by atoms with Crippen molar-refractivity contribution in [3.8, 4) is 5.75 Å². The van der Waals surface area contributed by atoms with Gasteiger partial charge in [0.25, 0.3) is 0 Å². The van der Waals surface area contributed by atoms with Gasteiger partial charge < -0.3 is 15.2 Å². The van der Waals surface area contributed by atoms with Gasteiger partial charge in [-0.2, -0.15) is 0 Å². The lowest BCUT2D eigenvalue weighted by atomic mass is 10.2. The van der Waals surface area contributed by atoms with Gasteiger partial charge in [-0.05, 0) is 32.0 Å². The monoisotopic (exact) mass is 292 g/mol. The minimum absolute atomic E-state index is 0.222. The van der Waals surface area contributed by atoms with E-state index in [2.05, 4.69) is 17.2 Å². The highest BCUT2D eigenvalue weighted by molar-refractivity contribution is 7.09. The number of rotatable bonds is 8. The Labute approximate surface area is 123 Å². The molecule has 0 amide bonds. The molecule has 1 heterocycles. The topological polar surface area (TPSA) is 54.4 Å².